The monoisotopic (exact) mass is 325 g/mol. The van der Waals surface area contributed by atoms with Gasteiger partial charge in [0.25, 0.3) is 0 Å². The highest BCUT2D eigenvalue weighted by atomic mass is 19.1. The van der Waals surface area contributed by atoms with Gasteiger partial charge in [-0.05, 0) is 29.8 Å². The second kappa shape index (κ2) is 6.91. The van der Waals surface area contributed by atoms with Crippen molar-refractivity contribution >= 4 is 11.8 Å². The number of amides is 2. The van der Waals surface area contributed by atoms with Gasteiger partial charge in [0.05, 0.1) is 12.2 Å². The lowest BCUT2D eigenvalue weighted by molar-refractivity contribution is 0.250. The van der Waals surface area contributed by atoms with Gasteiger partial charge in [-0.1, -0.05) is 18.2 Å². The molecule has 0 aliphatic heterocycles. The van der Waals surface area contributed by atoms with E-state index >= 15 is 0 Å². The van der Waals surface area contributed by atoms with E-state index in [4.69, 9.17) is 0 Å². The van der Waals surface area contributed by atoms with E-state index in [1.165, 1.54) is 12.1 Å². The van der Waals surface area contributed by atoms with E-state index in [1.54, 1.807) is 60.7 Å². The maximum atomic E-state index is 13.2. The standard InChI is InChI=1S/C17H16FN5O/c1-23-11-13(10-20-23)16(12-5-7-14(18)8-6-12)22-17(24)21-15-4-2-3-9-19-15/h2-11,16H,1H3,(H2,19,21,22,24). The summed E-state index contributed by atoms with van der Waals surface area (Å²) in [4.78, 5) is 16.3. The third kappa shape index (κ3) is 3.75. The van der Waals surface area contributed by atoms with Crippen molar-refractivity contribution in [2.45, 2.75) is 6.04 Å². The predicted molar refractivity (Wildman–Crippen MR) is 87.8 cm³/mol. The summed E-state index contributed by atoms with van der Waals surface area (Å²) in [6, 6.07) is 10.4. The first-order chi connectivity index (χ1) is 11.6. The molecule has 0 spiro atoms. The summed E-state index contributed by atoms with van der Waals surface area (Å²) in [7, 11) is 1.79. The zero-order chi connectivity index (χ0) is 16.9. The molecule has 7 heteroatoms. The van der Waals surface area contributed by atoms with E-state index in [1.807, 2.05) is 0 Å². The van der Waals surface area contributed by atoms with E-state index in [2.05, 4.69) is 20.7 Å². The highest BCUT2D eigenvalue weighted by Gasteiger charge is 2.18. The van der Waals surface area contributed by atoms with Crippen molar-refractivity contribution in [3.05, 3.63) is 78.0 Å². The largest absolute Gasteiger partial charge is 0.327 e. The lowest BCUT2D eigenvalue weighted by Crippen LogP contribution is -2.33. The van der Waals surface area contributed by atoms with Crippen molar-refractivity contribution in [1.82, 2.24) is 20.1 Å². The van der Waals surface area contributed by atoms with Crippen LogP contribution in [0.5, 0.6) is 0 Å². The molecule has 0 saturated heterocycles. The Hall–Kier alpha value is -3.22. The number of hydrogen-bond donors (Lipinski definition) is 2. The summed E-state index contributed by atoms with van der Waals surface area (Å²) in [6.07, 6.45) is 5.05. The van der Waals surface area contributed by atoms with Crippen molar-refractivity contribution in [1.29, 1.82) is 0 Å². The number of benzene rings is 1. The Bertz CT molecular complexity index is 817. The lowest BCUT2D eigenvalue weighted by atomic mass is 10.0. The Balaban J connectivity index is 1.82. The van der Waals surface area contributed by atoms with Crippen molar-refractivity contribution < 1.29 is 9.18 Å². The fourth-order valence-corrected chi connectivity index (χ4v) is 2.32. The zero-order valence-electron chi connectivity index (χ0n) is 13.0. The van der Waals surface area contributed by atoms with Gasteiger partial charge in [-0.3, -0.25) is 10.00 Å². The molecule has 6 nitrogen and oxygen atoms in total. The number of hydrogen-bond acceptors (Lipinski definition) is 3. The number of rotatable bonds is 4. The first-order valence-electron chi connectivity index (χ1n) is 7.34. The topological polar surface area (TPSA) is 71.8 Å². The molecular formula is C17H16FN5O. The zero-order valence-corrected chi connectivity index (χ0v) is 13.0. The van der Waals surface area contributed by atoms with Gasteiger partial charge in [0.15, 0.2) is 0 Å². The second-order valence-electron chi connectivity index (χ2n) is 5.25. The molecule has 122 valence electrons. The summed E-state index contributed by atoms with van der Waals surface area (Å²) >= 11 is 0. The Morgan fingerprint density at radius 3 is 2.58 bits per heavy atom. The Labute approximate surface area is 138 Å². The van der Waals surface area contributed by atoms with Crippen molar-refractivity contribution in [2.75, 3.05) is 5.32 Å². The van der Waals surface area contributed by atoms with Gasteiger partial charge in [-0.25, -0.2) is 14.2 Å². The molecule has 2 N–H and O–H groups in total. The van der Waals surface area contributed by atoms with Crippen LogP contribution in [0.2, 0.25) is 0 Å². The third-order valence-electron chi connectivity index (χ3n) is 3.44. The number of aromatic nitrogens is 3. The first kappa shape index (κ1) is 15.7. The molecule has 1 aromatic carbocycles. The van der Waals surface area contributed by atoms with Crippen molar-refractivity contribution in [2.24, 2.45) is 7.05 Å². The molecule has 0 radical (unpaired) electrons. The minimum Gasteiger partial charge on any atom is -0.327 e. The van der Waals surface area contributed by atoms with E-state index in [0.717, 1.165) is 11.1 Å². The smallest absolute Gasteiger partial charge is 0.321 e. The summed E-state index contributed by atoms with van der Waals surface area (Å²) in [6.45, 7) is 0. The number of carbonyl (C=O) groups is 1. The summed E-state index contributed by atoms with van der Waals surface area (Å²) < 4.78 is 14.8. The summed E-state index contributed by atoms with van der Waals surface area (Å²) in [5.41, 5.74) is 1.54. The van der Waals surface area contributed by atoms with Crippen molar-refractivity contribution in [3.8, 4) is 0 Å². The Morgan fingerprint density at radius 2 is 1.96 bits per heavy atom. The molecule has 2 amide bonds. The molecule has 2 aromatic heterocycles. The molecule has 0 saturated carbocycles. The van der Waals surface area contributed by atoms with E-state index in [9.17, 15) is 9.18 Å². The second-order valence-corrected chi connectivity index (χ2v) is 5.25. The van der Waals surface area contributed by atoms with Crippen LogP contribution in [-0.4, -0.2) is 20.8 Å². The van der Waals surface area contributed by atoms with Crippen LogP contribution in [0.4, 0.5) is 15.0 Å². The number of carbonyl (C=O) groups excluding carboxylic acids is 1. The Kier molecular flexibility index (Phi) is 4.51. The first-order valence-corrected chi connectivity index (χ1v) is 7.34. The number of halogens is 1. The molecule has 3 rings (SSSR count). The number of nitrogens with zero attached hydrogens (tertiary/aromatic N) is 3. The number of pyridine rings is 1. The van der Waals surface area contributed by atoms with Gasteiger partial charge in [0.2, 0.25) is 0 Å². The molecule has 3 aromatic rings. The van der Waals surface area contributed by atoms with Crippen LogP contribution in [0.3, 0.4) is 0 Å². The molecule has 0 aliphatic rings. The van der Waals surface area contributed by atoms with Crippen LogP contribution in [0, 0.1) is 5.82 Å². The molecule has 1 unspecified atom stereocenters. The number of aryl methyl sites for hydroxylation is 1. The van der Waals surface area contributed by atoms with Crippen LogP contribution in [-0.2, 0) is 7.05 Å². The summed E-state index contributed by atoms with van der Waals surface area (Å²) in [5.74, 6) is 0.112. The highest BCUT2D eigenvalue weighted by molar-refractivity contribution is 5.88. The maximum Gasteiger partial charge on any atom is 0.321 e. The Morgan fingerprint density at radius 1 is 1.17 bits per heavy atom. The fraction of sp³-hybridized carbons (Fsp3) is 0.118. The van der Waals surface area contributed by atoms with Crippen LogP contribution < -0.4 is 10.6 Å². The van der Waals surface area contributed by atoms with Gasteiger partial charge in [0, 0.05) is 25.0 Å². The van der Waals surface area contributed by atoms with Gasteiger partial charge in [0.1, 0.15) is 11.6 Å². The quantitative estimate of drug-likeness (QED) is 0.775. The minimum atomic E-state index is -0.456. The number of urea groups is 1. The van der Waals surface area contributed by atoms with Crippen molar-refractivity contribution in [3.63, 3.8) is 0 Å². The van der Waals surface area contributed by atoms with E-state index < -0.39 is 12.1 Å². The third-order valence-corrected chi connectivity index (χ3v) is 3.44. The lowest BCUT2D eigenvalue weighted by Gasteiger charge is -2.18. The van der Waals surface area contributed by atoms with Crippen LogP contribution in [0.15, 0.2) is 61.1 Å². The highest BCUT2D eigenvalue weighted by Crippen LogP contribution is 2.22. The average Bonchev–Trinajstić information content (AvgIpc) is 3.01. The number of anilines is 1. The van der Waals surface area contributed by atoms with Gasteiger partial charge in [-0.15, -0.1) is 0 Å². The fourth-order valence-electron chi connectivity index (χ4n) is 2.32. The average molecular weight is 325 g/mol. The molecule has 24 heavy (non-hydrogen) atoms. The number of nitrogens with one attached hydrogen (secondary N) is 2. The maximum absolute atomic E-state index is 13.2. The predicted octanol–water partition coefficient (Wildman–Crippen LogP) is 2.87. The van der Waals surface area contributed by atoms with Gasteiger partial charge < -0.3 is 5.32 Å². The molecule has 0 fully saturated rings. The molecule has 0 aliphatic carbocycles. The van der Waals surface area contributed by atoms with E-state index in [-0.39, 0.29) is 5.82 Å². The normalized spacial score (nSPS) is 11.8. The molecule has 0 bridgehead atoms. The van der Waals surface area contributed by atoms with Crippen LogP contribution in [0.1, 0.15) is 17.2 Å². The van der Waals surface area contributed by atoms with Crippen LogP contribution >= 0.6 is 0 Å². The summed E-state index contributed by atoms with van der Waals surface area (Å²) in [5, 5.41) is 9.66. The van der Waals surface area contributed by atoms with Gasteiger partial charge in [-0.2, -0.15) is 5.10 Å². The molecular weight excluding hydrogens is 309 g/mol. The minimum absolute atomic E-state index is 0.332. The SMILES string of the molecule is Cn1cc(C(NC(=O)Nc2ccccn2)c2ccc(F)cc2)cn1. The van der Waals surface area contributed by atoms with Gasteiger partial charge >= 0.3 is 6.03 Å². The molecule has 2 heterocycles. The van der Waals surface area contributed by atoms with E-state index in [0.29, 0.717) is 5.82 Å². The van der Waals surface area contributed by atoms with Crippen LogP contribution in [0.25, 0.3) is 0 Å². The molecule has 1 atom stereocenters.